The summed E-state index contributed by atoms with van der Waals surface area (Å²) in [5, 5.41) is 13.2. The van der Waals surface area contributed by atoms with Crippen LogP contribution < -0.4 is 5.32 Å². The Morgan fingerprint density at radius 2 is 2.12 bits per heavy atom. The van der Waals surface area contributed by atoms with Gasteiger partial charge >= 0.3 is 0 Å². The van der Waals surface area contributed by atoms with Gasteiger partial charge in [0.1, 0.15) is 0 Å². The van der Waals surface area contributed by atoms with Crippen LogP contribution in [0.4, 0.5) is 0 Å². The molecule has 2 N–H and O–H groups in total. The molecule has 1 atom stereocenters. The number of hydrogen-bond acceptors (Lipinski definition) is 2. The highest BCUT2D eigenvalue weighted by molar-refractivity contribution is 5.25. The Bertz CT molecular complexity index is 333. The van der Waals surface area contributed by atoms with Gasteiger partial charge in [0.2, 0.25) is 0 Å². The van der Waals surface area contributed by atoms with Crippen LogP contribution >= 0.6 is 0 Å². The number of hydrogen-bond donors (Lipinski definition) is 2. The van der Waals surface area contributed by atoms with Crippen LogP contribution in [0.25, 0.3) is 0 Å². The zero-order valence-electron chi connectivity index (χ0n) is 9.95. The van der Waals surface area contributed by atoms with Gasteiger partial charge in [-0.3, -0.25) is 0 Å². The lowest BCUT2D eigenvalue weighted by Gasteiger charge is -2.12. The maximum Gasteiger partial charge on any atom is 0.0667 e. The lowest BCUT2D eigenvalue weighted by atomic mass is 10.0. The second-order valence-electron chi connectivity index (χ2n) is 4.80. The zero-order chi connectivity index (χ0) is 11.4. The molecule has 88 valence electrons. The minimum Gasteiger partial charge on any atom is -0.392 e. The van der Waals surface area contributed by atoms with E-state index < -0.39 is 0 Å². The number of nitrogens with one attached hydrogen (secondary N) is 1. The number of rotatable bonds is 6. The molecule has 1 aromatic rings. The van der Waals surface area contributed by atoms with Crippen LogP contribution in [0.2, 0.25) is 0 Å². The fourth-order valence-electron chi connectivity index (χ4n) is 1.90. The van der Waals surface area contributed by atoms with Gasteiger partial charge in [0.15, 0.2) is 0 Å². The molecule has 0 spiro atoms. The average molecular weight is 219 g/mol. The Morgan fingerprint density at radius 1 is 1.38 bits per heavy atom. The molecule has 0 bridgehead atoms. The van der Waals surface area contributed by atoms with Gasteiger partial charge in [0, 0.05) is 12.6 Å². The third-order valence-corrected chi connectivity index (χ3v) is 3.23. The van der Waals surface area contributed by atoms with Crippen molar-refractivity contribution in [3.05, 3.63) is 35.4 Å². The van der Waals surface area contributed by atoms with Crippen molar-refractivity contribution in [2.24, 2.45) is 0 Å². The van der Waals surface area contributed by atoms with Crippen molar-refractivity contribution in [3.8, 4) is 0 Å². The number of benzene rings is 1. The molecule has 1 fully saturated rings. The molecule has 0 aliphatic heterocycles. The molecular formula is C14H21NO. The second-order valence-corrected chi connectivity index (χ2v) is 4.80. The summed E-state index contributed by atoms with van der Waals surface area (Å²) in [5.41, 5.74) is 2.68. The molecule has 1 aliphatic rings. The standard InChI is InChI=1S/C14H21NO/c1-11-4-2-3-5-12(11)6-9-14(16)10-15-13-7-8-13/h2-5,13-16H,6-10H2,1H3. The summed E-state index contributed by atoms with van der Waals surface area (Å²) in [4.78, 5) is 0. The molecule has 1 aliphatic carbocycles. The first-order chi connectivity index (χ1) is 7.75. The van der Waals surface area contributed by atoms with Crippen molar-refractivity contribution in [1.29, 1.82) is 0 Å². The molecule has 2 rings (SSSR count). The predicted molar refractivity (Wildman–Crippen MR) is 66.5 cm³/mol. The van der Waals surface area contributed by atoms with Crippen LogP contribution in [0.3, 0.4) is 0 Å². The van der Waals surface area contributed by atoms with Crippen molar-refractivity contribution in [2.75, 3.05) is 6.54 Å². The average Bonchev–Trinajstić information content (AvgIpc) is 3.09. The molecule has 0 saturated heterocycles. The summed E-state index contributed by atoms with van der Waals surface area (Å²) < 4.78 is 0. The second kappa shape index (κ2) is 5.46. The third kappa shape index (κ3) is 3.62. The van der Waals surface area contributed by atoms with Crippen LogP contribution in [0.15, 0.2) is 24.3 Å². The van der Waals surface area contributed by atoms with E-state index in [0.29, 0.717) is 6.04 Å². The van der Waals surface area contributed by atoms with Crippen LogP contribution in [0.5, 0.6) is 0 Å². The van der Waals surface area contributed by atoms with Crippen LogP contribution in [0, 0.1) is 6.92 Å². The fraction of sp³-hybridized carbons (Fsp3) is 0.571. The molecule has 1 aromatic carbocycles. The number of aliphatic hydroxyl groups is 1. The van der Waals surface area contributed by atoms with E-state index in [1.54, 1.807) is 0 Å². The summed E-state index contributed by atoms with van der Waals surface area (Å²) in [5.74, 6) is 0. The third-order valence-electron chi connectivity index (χ3n) is 3.23. The van der Waals surface area contributed by atoms with Gasteiger partial charge in [0.25, 0.3) is 0 Å². The maximum atomic E-state index is 9.82. The lowest BCUT2D eigenvalue weighted by Crippen LogP contribution is -2.28. The van der Waals surface area contributed by atoms with E-state index in [1.807, 2.05) is 0 Å². The van der Waals surface area contributed by atoms with Crippen molar-refractivity contribution < 1.29 is 5.11 Å². The number of aryl methyl sites for hydroxylation is 2. The van der Waals surface area contributed by atoms with Gasteiger partial charge in [-0.05, 0) is 43.7 Å². The molecular weight excluding hydrogens is 198 g/mol. The van der Waals surface area contributed by atoms with E-state index in [-0.39, 0.29) is 6.10 Å². The Morgan fingerprint density at radius 3 is 2.81 bits per heavy atom. The van der Waals surface area contributed by atoms with Crippen molar-refractivity contribution in [1.82, 2.24) is 5.32 Å². The fourth-order valence-corrected chi connectivity index (χ4v) is 1.90. The molecule has 0 amide bonds. The van der Waals surface area contributed by atoms with Crippen molar-refractivity contribution in [3.63, 3.8) is 0 Å². The monoisotopic (exact) mass is 219 g/mol. The van der Waals surface area contributed by atoms with Gasteiger partial charge in [-0.2, -0.15) is 0 Å². The first-order valence-electron chi connectivity index (χ1n) is 6.21. The van der Waals surface area contributed by atoms with Crippen molar-refractivity contribution in [2.45, 2.75) is 44.8 Å². The van der Waals surface area contributed by atoms with Gasteiger partial charge in [-0.15, -0.1) is 0 Å². The predicted octanol–water partition coefficient (Wildman–Crippen LogP) is 2.04. The Balaban J connectivity index is 1.71. The quantitative estimate of drug-likeness (QED) is 0.767. The van der Waals surface area contributed by atoms with Crippen molar-refractivity contribution >= 4 is 0 Å². The molecule has 2 nitrogen and oxygen atoms in total. The molecule has 0 radical (unpaired) electrons. The molecule has 0 heterocycles. The van der Waals surface area contributed by atoms with Crippen LogP contribution in [-0.2, 0) is 6.42 Å². The summed E-state index contributed by atoms with van der Waals surface area (Å²) in [6.07, 6.45) is 4.18. The Kier molecular flexibility index (Phi) is 3.97. The molecule has 0 aromatic heterocycles. The topological polar surface area (TPSA) is 32.3 Å². The summed E-state index contributed by atoms with van der Waals surface area (Å²) in [6, 6.07) is 9.09. The van der Waals surface area contributed by atoms with Gasteiger partial charge in [-0.25, -0.2) is 0 Å². The largest absolute Gasteiger partial charge is 0.392 e. The van der Waals surface area contributed by atoms with E-state index in [4.69, 9.17) is 0 Å². The van der Waals surface area contributed by atoms with Crippen LogP contribution in [-0.4, -0.2) is 23.8 Å². The Hall–Kier alpha value is -0.860. The van der Waals surface area contributed by atoms with E-state index in [2.05, 4.69) is 36.5 Å². The van der Waals surface area contributed by atoms with Crippen LogP contribution in [0.1, 0.15) is 30.4 Å². The summed E-state index contributed by atoms with van der Waals surface area (Å²) >= 11 is 0. The highest BCUT2D eigenvalue weighted by Gasteiger charge is 2.21. The highest BCUT2D eigenvalue weighted by Crippen LogP contribution is 2.18. The highest BCUT2D eigenvalue weighted by atomic mass is 16.3. The van der Waals surface area contributed by atoms with Gasteiger partial charge in [0.05, 0.1) is 6.10 Å². The molecule has 2 heteroatoms. The van der Waals surface area contributed by atoms with Gasteiger partial charge in [-0.1, -0.05) is 24.3 Å². The SMILES string of the molecule is Cc1ccccc1CCC(O)CNC1CC1. The van der Waals surface area contributed by atoms with E-state index in [0.717, 1.165) is 19.4 Å². The normalized spacial score (nSPS) is 17.4. The molecule has 1 saturated carbocycles. The van der Waals surface area contributed by atoms with E-state index in [1.165, 1.54) is 24.0 Å². The molecule has 1 unspecified atom stereocenters. The summed E-state index contributed by atoms with van der Waals surface area (Å²) in [6.45, 7) is 2.88. The van der Waals surface area contributed by atoms with Gasteiger partial charge < -0.3 is 10.4 Å². The smallest absolute Gasteiger partial charge is 0.0667 e. The number of aliphatic hydroxyl groups excluding tert-OH is 1. The Labute approximate surface area is 97.7 Å². The van der Waals surface area contributed by atoms with E-state index in [9.17, 15) is 5.11 Å². The molecule has 16 heavy (non-hydrogen) atoms. The summed E-state index contributed by atoms with van der Waals surface area (Å²) in [7, 11) is 0. The maximum absolute atomic E-state index is 9.82. The first-order valence-corrected chi connectivity index (χ1v) is 6.21. The minimum absolute atomic E-state index is 0.208. The zero-order valence-corrected chi connectivity index (χ0v) is 9.95. The van der Waals surface area contributed by atoms with E-state index >= 15 is 0 Å². The lowest BCUT2D eigenvalue weighted by molar-refractivity contribution is 0.161. The minimum atomic E-state index is -0.208. The first kappa shape index (κ1) is 11.6.